The number of ether oxygens (including phenoxy) is 1. The van der Waals surface area contributed by atoms with E-state index >= 15 is 0 Å². The Morgan fingerprint density at radius 2 is 0.931 bits per heavy atom. The van der Waals surface area contributed by atoms with Gasteiger partial charge in [0.25, 0.3) is 29.5 Å². The van der Waals surface area contributed by atoms with Gasteiger partial charge in [0.1, 0.15) is 65.3 Å². The number of H-pyrrole nitrogens is 1. The van der Waals surface area contributed by atoms with Gasteiger partial charge in [-0.25, -0.2) is 54.2 Å². The highest BCUT2D eigenvalue weighted by atomic mass is 35.5. The molecule has 1 N–H and O–H groups in total. The highest BCUT2D eigenvalue weighted by molar-refractivity contribution is 6.31. The van der Waals surface area contributed by atoms with Crippen molar-refractivity contribution in [1.82, 2.24) is 122 Å². The molecule has 0 radical (unpaired) electrons. The highest BCUT2D eigenvalue weighted by Gasteiger charge is 2.34. The summed E-state index contributed by atoms with van der Waals surface area (Å²) in [6, 6.07) is 48.0. The monoisotopic (exact) mass is 1990 g/mol. The van der Waals surface area contributed by atoms with Crippen molar-refractivity contribution in [2.24, 2.45) is 5.92 Å². The standard InChI is InChI=1S/C20H19ClFN3O.C19H21N5O.C19H20N4O2.C18H15Cl2N3.C17H17N5O.C16H17N5O/c1-20(22)7-9-24(10-8-20)19(26)14-5-6-18-17(11-14)23-13-25(18)16-4-2-3-15(21)12-16;1-13-3-8-23(9-4-13)19(25)16-11-22-18-15(14(16)2)5-10-24(18)17-12-20-6-7-21-17;1-25-15-6-8-18(20-12-15)23-13-21-16-11-14(5-7-17(16)23)19(24)22-9-3-2-4-10-22;1-12(22-9-15(20)10-22)13-5-6-18-17(7-13)21-11-23(18)16-4-2-3-14(19)8-16;23-17(21-7-2-1-3-8-21)14-10-13-5-9-22(16(13)19-11-14)15-4-6-18-12-20-15;22-16(20-5-2-1-3-6-20)13-8-12-4-7-21(15(12)17-9-13)14-10-18-19-11-14/h2-6,11-13H,7-10H2,1H3;5-7,10-13H,3-4,8-9H2,1-2H3;5-8,11-13H,2-4,9-10H2,1H3;2-8,11,15H,1,9-10H2;4-6,9-12H,1-3,7-8H2;4,7-11H,1-3,5-6H2,(H,18,19). The Morgan fingerprint density at radius 1 is 0.431 bits per heavy atom. The smallest absolute Gasteiger partial charge is 0.255 e. The number of methoxy groups -OCH3 is 1. The zero-order chi connectivity index (χ0) is 99.5. The lowest BCUT2D eigenvalue weighted by Gasteiger charge is -2.38. The van der Waals surface area contributed by atoms with Gasteiger partial charge in [-0.3, -0.25) is 61.5 Å². The molecule has 0 atom stereocenters. The number of carbonyl (C=O) groups is 5. The molecule has 19 heterocycles. The third kappa shape index (κ3) is 22.0. The second-order valence-electron chi connectivity index (χ2n) is 37.1. The van der Waals surface area contributed by atoms with Crippen LogP contribution in [0.25, 0.3) is 106 Å². The Morgan fingerprint density at radius 3 is 1.44 bits per heavy atom. The fourth-order valence-electron chi connectivity index (χ4n) is 18.9. The van der Waals surface area contributed by atoms with Gasteiger partial charge in [0.05, 0.1) is 86.6 Å². The first kappa shape index (κ1) is 97.4. The Labute approximate surface area is 846 Å². The minimum Gasteiger partial charge on any atom is -0.495 e. The lowest BCUT2D eigenvalue weighted by atomic mass is 9.95. The zero-order valence-corrected chi connectivity index (χ0v) is 82.8. The number of hydrogen-bond acceptors (Lipinski definition) is 19. The van der Waals surface area contributed by atoms with E-state index in [2.05, 4.69) is 102 Å². The fraction of sp³-hybridized carbons (Fsp3) is 0.294. The average Bonchev–Trinajstić information content (AvgIpc) is 1.60. The number of alkyl halides is 2. The molecule has 35 heteroatoms. The number of hydrogen-bond donors (Lipinski definition) is 1. The minimum absolute atomic E-state index is 0.0697. The van der Waals surface area contributed by atoms with Crippen LogP contribution in [0.1, 0.15) is 160 Å². The van der Waals surface area contributed by atoms with Crippen molar-refractivity contribution >= 4 is 136 Å². The number of benzene rings is 5. The summed E-state index contributed by atoms with van der Waals surface area (Å²) < 4.78 is 30.7. The third-order valence-electron chi connectivity index (χ3n) is 27.3. The van der Waals surface area contributed by atoms with E-state index in [1.165, 1.54) is 25.6 Å². The molecule has 31 nitrogen and oxygen atoms in total. The molecule has 0 aliphatic carbocycles. The first-order chi connectivity index (χ1) is 70.1. The molecule has 6 aliphatic rings. The Hall–Kier alpha value is -15.4. The predicted molar refractivity (Wildman–Crippen MR) is 557 cm³/mol. The number of amides is 5. The normalized spacial score (nSPS) is 15.4. The summed E-state index contributed by atoms with van der Waals surface area (Å²) >= 11 is 18.2. The summed E-state index contributed by atoms with van der Waals surface area (Å²) in [5, 5.41) is 11.2. The number of nitrogens with zero attached hydrogens (tertiary/aromatic N) is 24. The van der Waals surface area contributed by atoms with Crippen LogP contribution in [0.4, 0.5) is 4.39 Å². The maximum atomic E-state index is 14.0. The van der Waals surface area contributed by atoms with Crippen LogP contribution in [0.5, 0.6) is 5.75 Å². The molecular weight excluding hydrogens is 1880 g/mol. The third-order valence-corrected chi connectivity index (χ3v) is 28.0. The number of imidazole rings is 3. The lowest BCUT2D eigenvalue weighted by Crippen LogP contribution is -2.45. The largest absolute Gasteiger partial charge is 0.495 e. The predicted octanol–water partition coefficient (Wildman–Crippen LogP) is 20.1. The molecule has 13 aromatic heterocycles. The molecule has 0 spiro atoms. The van der Waals surface area contributed by atoms with E-state index in [0.29, 0.717) is 81.3 Å². The molecule has 6 fully saturated rings. The number of halogens is 4. The summed E-state index contributed by atoms with van der Waals surface area (Å²) in [6.07, 6.45) is 42.6. The van der Waals surface area contributed by atoms with Crippen molar-refractivity contribution in [3.05, 3.63) is 313 Å². The lowest BCUT2D eigenvalue weighted by molar-refractivity contribution is 0.0502. The molecule has 734 valence electrons. The SMILES string of the molecule is C=C(c1ccc2c(c1)ncn2-c1cccc(Cl)c1)N1CC(Cl)C1.CC1(F)CCN(C(=O)c2ccc3c(c2)ncn3-c2cccc(Cl)c2)CC1.COc1ccc(-n2cnc3cc(C(=O)N4CCCCC4)ccc32)nc1.Cc1c(C(=O)N2CCC(C)CC2)cnc2c1ccn2-c1cnccn1.O=C(c1cnc2c(ccn2-c2ccncn2)c1)N1CCCCC1.O=C(c1cnc2c(ccn2-c2cn[nH]c2)c1)N1CCCCC1. The summed E-state index contributed by atoms with van der Waals surface area (Å²) in [5.41, 5.74) is 15.8. The van der Waals surface area contributed by atoms with Gasteiger partial charge in [-0.2, -0.15) is 5.10 Å². The summed E-state index contributed by atoms with van der Waals surface area (Å²) in [5.74, 6) is 3.93. The van der Waals surface area contributed by atoms with Gasteiger partial charge in [-0.15, -0.1) is 11.6 Å². The van der Waals surface area contributed by atoms with Crippen LogP contribution in [0.2, 0.25) is 10.0 Å². The number of rotatable bonds is 14. The summed E-state index contributed by atoms with van der Waals surface area (Å²) in [6.45, 7) is 19.4. The van der Waals surface area contributed by atoms with Crippen LogP contribution in [0, 0.1) is 12.8 Å². The van der Waals surface area contributed by atoms with E-state index < -0.39 is 5.67 Å². The molecule has 144 heavy (non-hydrogen) atoms. The average molecular weight is 1990 g/mol. The minimum atomic E-state index is -1.17. The number of pyridine rings is 4. The molecule has 6 saturated heterocycles. The Balaban J connectivity index is 0.000000109. The van der Waals surface area contributed by atoms with Gasteiger partial charge in [-0.1, -0.05) is 54.9 Å². The van der Waals surface area contributed by atoms with E-state index in [-0.39, 0.29) is 34.9 Å². The molecule has 0 saturated carbocycles. The van der Waals surface area contributed by atoms with E-state index in [1.54, 1.807) is 99.5 Å². The van der Waals surface area contributed by atoms with Gasteiger partial charge >= 0.3 is 0 Å². The number of nitrogens with one attached hydrogen (secondary N) is 1. The molecule has 0 bridgehead atoms. The Bertz CT molecular complexity index is 7630. The molecule has 0 unspecified atom stereocenters. The van der Waals surface area contributed by atoms with E-state index in [9.17, 15) is 28.4 Å². The van der Waals surface area contributed by atoms with Crippen molar-refractivity contribution in [3.8, 4) is 40.3 Å². The van der Waals surface area contributed by atoms with Crippen molar-refractivity contribution in [2.75, 3.05) is 85.6 Å². The number of piperidine rings is 5. The van der Waals surface area contributed by atoms with E-state index in [0.717, 1.165) is 229 Å². The second kappa shape index (κ2) is 44.0. The molecule has 5 aromatic carbocycles. The maximum Gasteiger partial charge on any atom is 0.255 e. The molecule has 5 amide bonds. The molecule has 18 aromatic rings. The number of fused-ring (bicyclic) bond motifs is 6. The van der Waals surface area contributed by atoms with Crippen LogP contribution < -0.4 is 4.74 Å². The molecule has 6 aliphatic heterocycles. The molecular formula is C109H109Cl3FN25O6. The number of aromatic nitrogens is 19. The summed E-state index contributed by atoms with van der Waals surface area (Å²) in [4.78, 5) is 123. The van der Waals surface area contributed by atoms with E-state index in [1.807, 2.05) is 206 Å². The number of aromatic amines is 1. The Kier molecular flexibility index (Phi) is 29.8. The molecule has 24 rings (SSSR count). The van der Waals surface area contributed by atoms with Crippen molar-refractivity contribution < 1.29 is 33.1 Å². The van der Waals surface area contributed by atoms with Gasteiger partial charge in [0, 0.05) is 195 Å². The quantitative estimate of drug-likeness (QED) is 0.0989. The fourth-order valence-corrected chi connectivity index (χ4v) is 19.6. The first-order valence-electron chi connectivity index (χ1n) is 48.7. The van der Waals surface area contributed by atoms with Gasteiger partial charge in [0.2, 0.25) is 0 Å². The van der Waals surface area contributed by atoms with Gasteiger partial charge in [-0.05, 0) is 248 Å². The second-order valence-corrected chi connectivity index (χ2v) is 38.6. The topological polar surface area (TPSA) is 314 Å². The van der Waals surface area contributed by atoms with Crippen LogP contribution in [-0.4, -0.2) is 248 Å². The highest BCUT2D eigenvalue weighted by Crippen LogP contribution is 2.35. The van der Waals surface area contributed by atoms with Crippen LogP contribution in [0.3, 0.4) is 0 Å². The number of carbonyl (C=O) groups excluding carboxylic acids is 5. The van der Waals surface area contributed by atoms with Crippen molar-refractivity contribution in [3.63, 3.8) is 0 Å². The van der Waals surface area contributed by atoms with Crippen LogP contribution in [0.15, 0.2) is 264 Å². The zero-order valence-electron chi connectivity index (χ0n) is 80.5. The number of likely N-dealkylation sites (tertiary alicyclic amines) is 6. The van der Waals surface area contributed by atoms with Gasteiger partial charge < -0.3 is 34.1 Å². The van der Waals surface area contributed by atoms with Crippen LogP contribution in [-0.2, 0) is 0 Å². The maximum absolute atomic E-state index is 14.0. The number of aryl methyl sites for hydroxylation is 1. The van der Waals surface area contributed by atoms with Crippen molar-refractivity contribution in [2.45, 2.75) is 115 Å². The summed E-state index contributed by atoms with van der Waals surface area (Å²) in [7, 11) is 1.62. The van der Waals surface area contributed by atoms with Crippen molar-refractivity contribution in [1.29, 1.82) is 0 Å². The van der Waals surface area contributed by atoms with E-state index in [4.69, 9.17) is 39.5 Å². The first-order valence-corrected chi connectivity index (χ1v) is 49.9. The van der Waals surface area contributed by atoms with Crippen LogP contribution >= 0.6 is 34.8 Å². The van der Waals surface area contributed by atoms with Gasteiger partial charge in [0.15, 0.2) is 5.82 Å².